The minimum absolute atomic E-state index is 0.0603. The predicted octanol–water partition coefficient (Wildman–Crippen LogP) is 5.79. The van der Waals surface area contributed by atoms with Crippen molar-refractivity contribution in [3.8, 4) is 11.5 Å². The minimum atomic E-state index is -0.687. The molecule has 4 nitrogen and oxygen atoms in total. The Hall–Kier alpha value is -0.750. The van der Waals surface area contributed by atoms with E-state index < -0.39 is 11.7 Å². The van der Waals surface area contributed by atoms with Gasteiger partial charge in [-0.05, 0) is 52.7 Å². The monoisotopic (exact) mass is 450 g/mol. The topological polar surface area (TPSA) is 66.8 Å². The average molecular weight is 452 g/mol. The van der Waals surface area contributed by atoms with Gasteiger partial charge < -0.3 is 14.0 Å². The number of rotatable bonds is 9. The molecular weight excluding hydrogens is 428 g/mol. The molecule has 0 unspecified atom stereocenters. The SMILES string of the molecule is CCCCCc1c(Br)c(O)c(O)c(C(=O)OBr)c1CCCCC. The summed E-state index contributed by atoms with van der Waals surface area (Å²) in [5.41, 5.74) is 1.71. The third-order valence-corrected chi connectivity index (χ3v) is 5.08. The van der Waals surface area contributed by atoms with Crippen LogP contribution < -0.4 is 0 Å². The van der Waals surface area contributed by atoms with Crippen LogP contribution in [0.3, 0.4) is 0 Å². The summed E-state index contributed by atoms with van der Waals surface area (Å²) in [5, 5.41) is 20.4. The van der Waals surface area contributed by atoms with Gasteiger partial charge in [-0.15, -0.1) is 0 Å². The van der Waals surface area contributed by atoms with Gasteiger partial charge in [0.2, 0.25) is 0 Å². The molecule has 1 aromatic carbocycles. The molecule has 0 amide bonds. The third kappa shape index (κ3) is 5.11. The second kappa shape index (κ2) is 10.2. The number of phenols is 2. The fraction of sp³-hybridized carbons (Fsp3) is 0.588. The van der Waals surface area contributed by atoms with E-state index in [1.165, 1.54) is 0 Å². The van der Waals surface area contributed by atoms with Gasteiger partial charge in [-0.1, -0.05) is 39.5 Å². The molecule has 0 saturated carbocycles. The highest BCUT2D eigenvalue weighted by Gasteiger charge is 2.27. The molecule has 0 spiro atoms. The Labute approximate surface area is 154 Å². The van der Waals surface area contributed by atoms with E-state index >= 15 is 0 Å². The van der Waals surface area contributed by atoms with Gasteiger partial charge in [0.1, 0.15) is 5.56 Å². The molecular formula is C17H24Br2O4. The summed E-state index contributed by atoms with van der Waals surface area (Å²) >= 11 is 6.05. The summed E-state index contributed by atoms with van der Waals surface area (Å²) < 4.78 is 5.10. The summed E-state index contributed by atoms with van der Waals surface area (Å²) in [7, 11) is 0. The zero-order valence-electron chi connectivity index (χ0n) is 13.6. The van der Waals surface area contributed by atoms with Gasteiger partial charge >= 0.3 is 5.97 Å². The molecule has 0 radical (unpaired) electrons. The molecule has 1 rings (SSSR count). The van der Waals surface area contributed by atoms with E-state index in [0.717, 1.165) is 56.1 Å². The summed E-state index contributed by atoms with van der Waals surface area (Å²) in [4.78, 5) is 12.1. The van der Waals surface area contributed by atoms with Crippen LogP contribution in [0.2, 0.25) is 0 Å². The van der Waals surface area contributed by atoms with Crippen molar-refractivity contribution in [1.82, 2.24) is 0 Å². The van der Waals surface area contributed by atoms with Crippen LogP contribution in [0.15, 0.2) is 4.47 Å². The summed E-state index contributed by atoms with van der Waals surface area (Å²) in [6, 6.07) is 0. The molecule has 0 aromatic heterocycles. The van der Waals surface area contributed by atoms with Crippen molar-refractivity contribution in [2.75, 3.05) is 0 Å². The standard InChI is InChI=1S/C17H24Br2O4/c1-3-5-7-9-11-12(10-8-6-4-2)14(18)16(21)15(20)13(11)17(22)23-19/h20-21H,3-10H2,1-2H3. The van der Waals surface area contributed by atoms with Crippen molar-refractivity contribution >= 4 is 38.2 Å². The van der Waals surface area contributed by atoms with E-state index in [-0.39, 0.29) is 11.3 Å². The van der Waals surface area contributed by atoms with Crippen LogP contribution in [0, 0.1) is 0 Å². The Kier molecular flexibility index (Phi) is 8.99. The molecule has 6 heteroatoms. The van der Waals surface area contributed by atoms with Gasteiger partial charge in [-0.25, -0.2) is 4.79 Å². The van der Waals surface area contributed by atoms with Crippen molar-refractivity contribution in [2.45, 2.75) is 65.2 Å². The first-order valence-corrected chi connectivity index (χ1v) is 9.51. The Morgan fingerprint density at radius 1 is 0.957 bits per heavy atom. The van der Waals surface area contributed by atoms with Crippen molar-refractivity contribution in [1.29, 1.82) is 0 Å². The molecule has 23 heavy (non-hydrogen) atoms. The van der Waals surface area contributed by atoms with Crippen LogP contribution in [0.4, 0.5) is 0 Å². The first kappa shape index (κ1) is 20.3. The number of unbranched alkanes of at least 4 members (excludes halogenated alkanes) is 4. The molecule has 0 aliphatic carbocycles. The molecule has 1 aromatic rings. The Morgan fingerprint density at radius 3 is 1.96 bits per heavy atom. The van der Waals surface area contributed by atoms with Crippen LogP contribution in [-0.4, -0.2) is 16.2 Å². The van der Waals surface area contributed by atoms with Gasteiger partial charge in [0.25, 0.3) is 0 Å². The van der Waals surface area contributed by atoms with Crippen LogP contribution in [0.25, 0.3) is 0 Å². The van der Waals surface area contributed by atoms with Crippen LogP contribution in [0.5, 0.6) is 11.5 Å². The fourth-order valence-electron chi connectivity index (χ4n) is 2.69. The third-order valence-electron chi connectivity index (χ3n) is 3.93. The summed E-state index contributed by atoms with van der Waals surface area (Å²) in [6.45, 7) is 4.24. The molecule has 2 N–H and O–H groups in total. The Bertz CT molecular complexity index is 544. The van der Waals surface area contributed by atoms with E-state index in [9.17, 15) is 15.0 Å². The lowest BCUT2D eigenvalue weighted by Crippen LogP contribution is -2.09. The summed E-state index contributed by atoms with van der Waals surface area (Å²) in [5.74, 6) is -1.41. The number of phenolic OH excluding ortho intramolecular Hbond substituents is 2. The van der Waals surface area contributed by atoms with E-state index in [0.29, 0.717) is 10.9 Å². The molecule has 0 saturated heterocycles. The normalized spacial score (nSPS) is 10.8. The highest BCUT2D eigenvalue weighted by atomic mass is 79.9. The first-order valence-electron chi connectivity index (χ1n) is 8.07. The van der Waals surface area contributed by atoms with Crippen molar-refractivity contribution in [3.05, 3.63) is 21.2 Å². The number of hydrogen-bond acceptors (Lipinski definition) is 4. The minimum Gasteiger partial charge on any atom is -0.504 e. The molecule has 0 fully saturated rings. The number of hydrogen-bond donors (Lipinski definition) is 2. The maximum atomic E-state index is 12.1. The second-order valence-corrected chi connectivity index (χ2v) is 6.74. The van der Waals surface area contributed by atoms with Crippen molar-refractivity contribution in [2.24, 2.45) is 0 Å². The van der Waals surface area contributed by atoms with E-state index in [4.69, 9.17) is 0 Å². The lowest BCUT2D eigenvalue weighted by Gasteiger charge is -2.18. The van der Waals surface area contributed by atoms with Gasteiger partial charge in [-0.2, -0.15) is 0 Å². The number of carbonyl (C=O) groups is 1. The van der Waals surface area contributed by atoms with E-state index in [1.54, 1.807) is 0 Å². The summed E-state index contributed by atoms with van der Waals surface area (Å²) in [6.07, 6.45) is 7.54. The molecule has 0 aliphatic heterocycles. The number of halogens is 2. The molecule has 0 aliphatic rings. The predicted molar refractivity (Wildman–Crippen MR) is 98.3 cm³/mol. The quantitative estimate of drug-likeness (QED) is 0.368. The largest absolute Gasteiger partial charge is 0.504 e. The van der Waals surface area contributed by atoms with Gasteiger partial charge in [0.15, 0.2) is 27.8 Å². The zero-order valence-corrected chi connectivity index (χ0v) is 16.8. The molecule has 0 heterocycles. The number of aromatic hydroxyl groups is 2. The number of benzene rings is 1. The smallest absolute Gasteiger partial charge is 0.353 e. The van der Waals surface area contributed by atoms with Gasteiger partial charge in [-0.3, -0.25) is 0 Å². The van der Waals surface area contributed by atoms with Gasteiger partial charge in [0.05, 0.1) is 4.47 Å². The average Bonchev–Trinajstić information content (AvgIpc) is 2.55. The van der Waals surface area contributed by atoms with Crippen LogP contribution in [-0.2, 0) is 16.7 Å². The Morgan fingerprint density at radius 2 is 1.48 bits per heavy atom. The highest BCUT2D eigenvalue weighted by molar-refractivity contribution is 9.10. The van der Waals surface area contributed by atoms with Crippen molar-refractivity contribution in [3.63, 3.8) is 0 Å². The molecule has 130 valence electrons. The van der Waals surface area contributed by atoms with Crippen molar-refractivity contribution < 1.29 is 18.8 Å². The Balaban J connectivity index is 3.37. The fourth-order valence-corrected chi connectivity index (χ4v) is 3.48. The molecule has 0 atom stereocenters. The lowest BCUT2D eigenvalue weighted by atomic mass is 9.91. The maximum Gasteiger partial charge on any atom is 0.353 e. The highest BCUT2D eigenvalue weighted by Crippen LogP contribution is 2.43. The van der Waals surface area contributed by atoms with E-state index in [2.05, 4.69) is 49.9 Å². The second-order valence-electron chi connectivity index (χ2n) is 5.62. The van der Waals surface area contributed by atoms with E-state index in [1.807, 2.05) is 0 Å². The maximum absolute atomic E-state index is 12.1. The zero-order chi connectivity index (χ0) is 17.4. The number of carbonyl (C=O) groups excluding carboxylic acids is 1. The lowest BCUT2D eigenvalue weighted by molar-refractivity contribution is 0.0776. The first-order chi connectivity index (χ1) is 11.0. The van der Waals surface area contributed by atoms with Crippen LogP contribution in [0.1, 0.15) is 73.9 Å². The molecule has 0 bridgehead atoms. The van der Waals surface area contributed by atoms with Crippen LogP contribution >= 0.6 is 32.2 Å². The van der Waals surface area contributed by atoms with Gasteiger partial charge in [0, 0.05) is 0 Å².